The van der Waals surface area contributed by atoms with Crippen molar-refractivity contribution in [2.75, 3.05) is 37.6 Å². The summed E-state index contributed by atoms with van der Waals surface area (Å²) in [4.78, 5) is 4.26. The van der Waals surface area contributed by atoms with Gasteiger partial charge >= 0.3 is 0 Å². The molecule has 1 aromatic heterocycles. The van der Waals surface area contributed by atoms with Gasteiger partial charge in [-0.3, -0.25) is 4.21 Å². The number of nitrogens with zero attached hydrogens (tertiary/aromatic N) is 2. The monoisotopic (exact) mass is 259 g/mol. The molecule has 0 aliphatic heterocycles. The van der Waals surface area contributed by atoms with Crippen LogP contribution in [0.2, 0.25) is 0 Å². The number of hydrogen-bond donors (Lipinski definition) is 1. The Morgan fingerprint density at radius 1 is 1.65 bits per heavy atom. The molecule has 1 N–H and O–H groups in total. The van der Waals surface area contributed by atoms with Crippen LogP contribution < -0.4 is 5.32 Å². The van der Waals surface area contributed by atoms with E-state index >= 15 is 0 Å². The first kappa shape index (κ1) is 14.2. The Labute approximate surface area is 105 Å². The quantitative estimate of drug-likeness (QED) is 0.714. The van der Waals surface area contributed by atoms with Crippen molar-refractivity contribution in [3.05, 3.63) is 12.4 Å². The zero-order valence-electron chi connectivity index (χ0n) is 10.7. The Hall–Kier alpha value is -0.880. The van der Waals surface area contributed by atoms with E-state index in [1.165, 1.54) is 0 Å². The number of nitrogens with one attached hydrogen (secondary N) is 1. The van der Waals surface area contributed by atoms with E-state index in [9.17, 15) is 4.21 Å². The molecule has 98 valence electrons. The predicted molar refractivity (Wildman–Crippen MR) is 70.9 cm³/mol. The smallest absolute Gasteiger partial charge is 0.203 e. The number of anilines is 1. The van der Waals surface area contributed by atoms with Gasteiger partial charge in [0, 0.05) is 54.9 Å². The van der Waals surface area contributed by atoms with Crippen LogP contribution in [0.25, 0.3) is 0 Å². The van der Waals surface area contributed by atoms with E-state index in [0.717, 1.165) is 24.7 Å². The fourth-order valence-electron chi connectivity index (χ4n) is 1.55. The third-order valence-corrected chi connectivity index (χ3v) is 3.37. The van der Waals surface area contributed by atoms with Crippen LogP contribution in [0.5, 0.6) is 0 Å². The highest BCUT2D eigenvalue weighted by molar-refractivity contribution is 7.84. The highest BCUT2D eigenvalue weighted by Crippen LogP contribution is 2.16. The van der Waals surface area contributed by atoms with Gasteiger partial charge in [-0.15, -0.1) is 0 Å². The number of ether oxygens (including phenoxy) is 1. The first-order chi connectivity index (χ1) is 8.15. The molecule has 2 atom stereocenters. The molecule has 0 saturated carbocycles. The van der Waals surface area contributed by atoms with Gasteiger partial charge in [0.1, 0.15) is 0 Å². The van der Waals surface area contributed by atoms with E-state index < -0.39 is 10.8 Å². The summed E-state index contributed by atoms with van der Waals surface area (Å²) in [5, 5.41) is 3.21. The van der Waals surface area contributed by atoms with Crippen molar-refractivity contribution in [2.24, 2.45) is 0 Å². The van der Waals surface area contributed by atoms with Crippen molar-refractivity contribution in [3.63, 3.8) is 0 Å². The molecule has 0 saturated heterocycles. The van der Waals surface area contributed by atoms with Gasteiger partial charge in [0.25, 0.3) is 0 Å². The lowest BCUT2D eigenvalue weighted by Crippen LogP contribution is -2.15. The van der Waals surface area contributed by atoms with E-state index in [2.05, 4.69) is 21.8 Å². The molecule has 1 rings (SSSR count). The van der Waals surface area contributed by atoms with Crippen LogP contribution in [0.3, 0.4) is 0 Å². The normalized spacial score (nSPS) is 14.5. The van der Waals surface area contributed by atoms with Crippen molar-refractivity contribution in [1.29, 1.82) is 0 Å². The van der Waals surface area contributed by atoms with Gasteiger partial charge in [0.05, 0.1) is 6.61 Å². The van der Waals surface area contributed by atoms with Crippen molar-refractivity contribution < 1.29 is 8.95 Å². The lowest BCUT2D eigenvalue weighted by Gasteiger charge is -2.16. The van der Waals surface area contributed by atoms with E-state index in [0.29, 0.717) is 12.6 Å². The summed E-state index contributed by atoms with van der Waals surface area (Å²) in [5.74, 6) is 1.56. The zero-order valence-corrected chi connectivity index (χ0v) is 11.5. The molecular weight excluding hydrogens is 238 g/mol. The molecule has 0 aliphatic carbocycles. The van der Waals surface area contributed by atoms with Crippen molar-refractivity contribution in [2.45, 2.75) is 19.4 Å². The van der Waals surface area contributed by atoms with E-state index in [4.69, 9.17) is 4.74 Å². The van der Waals surface area contributed by atoms with E-state index in [1.807, 2.05) is 6.20 Å². The molecule has 2 unspecified atom stereocenters. The van der Waals surface area contributed by atoms with Gasteiger partial charge < -0.3 is 14.6 Å². The minimum Gasteiger partial charge on any atom is -0.383 e. The molecular formula is C11H21N3O2S. The molecule has 0 fully saturated rings. The van der Waals surface area contributed by atoms with Crippen LogP contribution in [0.4, 0.5) is 5.95 Å². The number of rotatable bonds is 8. The Kier molecular flexibility index (Phi) is 6.21. The summed E-state index contributed by atoms with van der Waals surface area (Å²) in [6, 6.07) is 0.298. The Bertz CT molecular complexity index is 354. The predicted octanol–water partition coefficient (Wildman–Crippen LogP) is 1.27. The van der Waals surface area contributed by atoms with Gasteiger partial charge in [-0.1, -0.05) is 0 Å². The number of aromatic nitrogens is 2. The molecule has 0 spiro atoms. The molecule has 1 aromatic rings. The fourth-order valence-corrected chi connectivity index (χ4v) is 2.22. The second kappa shape index (κ2) is 7.45. The topological polar surface area (TPSA) is 56.1 Å². The molecule has 0 radical (unpaired) electrons. The molecule has 0 amide bonds. The average Bonchev–Trinajstić information content (AvgIpc) is 2.74. The summed E-state index contributed by atoms with van der Waals surface area (Å²) in [5.41, 5.74) is 0. The molecule has 0 aromatic carbocycles. The van der Waals surface area contributed by atoms with E-state index in [1.54, 1.807) is 19.6 Å². The van der Waals surface area contributed by atoms with Crippen LogP contribution in [0, 0.1) is 0 Å². The lowest BCUT2D eigenvalue weighted by molar-refractivity contribution is 0.210. The third kappa shape index (κ3) is 4.87. The Morgan fingerprint density at radius 3 is 3.06 bits per heavy atom. The lowest BCUT2D eigenvalue weighted by atomic mass is 10.2. The summed E-state index contributed by atoms with van der Waals surface area (Å²) < 4.78 is 18.1. The molecule has 0 bridgehead atoms. The summed E-state index contributed by atoms with van der Waals surface area (Å²) in [6.45, 7) is 3.50. The molecule has 0 aliphatic rings. The van der Waals surface area contributed by atoms with Crippen molar-refractivity contribution in [1.82, 2.24) is 9.55 Å². The standard InChI is InChI=1S/C11H21N3O2S/c1-10(4-9-17(3)15)14-7-5-12-11(14)13-6-8-16-2/h5,7,10H,4,6,8-9H2,1-3H3,(H,12,13). The second-order valence-corrected chi connectivity index (χ2v) is 5.55. The minimum atomic E-state index is -0.735. The average molecular weight is 259 g/mol. The first-order valence-electron chi connectivity index (χ1n) is 5.70. The molecule has 17 heavy (non-hydrogen) atoms. The maximum Gasteiger partial charge on any atom is 0.203 e. The summed E-state index contributed by atoms with van der Waals surface area (Å²) in [7, 11) is 0.939. The maximum absolute atomic E-state index is 11.1. The number of imidazole rings is 1. The largest absolute Gasteiger partial charge is 0.383 e. The Morgan fingerprint density at radius 2 is 2.41 bits per heavy atom. The SMILES string of the molecule is COCCNc1nccn1C(C)CCS(C)=O. The third-order valence-electron chi connectivity index (χ3n) is 2.56. The van der Waals surface area contributed by atoms with Crippen LogP contribution in [-0.4, -0.2) is 46.0 Å². The minimum absolute atomic E-state index is 0.298. The van der Waals surface area contributed by atoms with Crippen LogP contribution in [0.1, 0.15) is 19.4 Å². The van der Waals surface area contributed by atoms with Crippen molar-refractivity contribution in [3.8, 4) is 0 Å². The van der Waals surface area contributed by atoms with Crippen molar-refractivity contribution >= 4 is 16.7 Å². The number of hydrogen-bond acceptors (Lipinski definition) is 4. The van der Waals surface area contributed by atoms with Gasteiger partial charge in [0.15, 0.2) is 0 Å². The van der Waals surface area contributed by atoms with Gasteiger partial charge in [0.2, 0.25) is 5.95 Å². The summed E-state index contributed by atoms with van der Waals surface area (Å²) >= 11 is 0. The highest BCUT2D eigenvalue weighted by Gasteiger charge is 2.09. The van der Waals surface area contributed by atoms with Gasteiger partial charge in [-0.25, -0.2) is 4.98 Å². The maximum atomic E-state index is 11.1. The second-order valence-electron chi connectivity index (χ2n) is 3.99. The Balaban J connectivity index is 2.51. The first-order valence-corrected chi connectivity index (χ1v) is 7.43. The van der Waals surface area contributed by atoms with Gasteiger partial charge in [-0.2, -0.15) is 0 Å². The van der Waals surface area contributed by atoms with Gasteiger partial charge in [-0.05, 0) is 13.3 Å². The van der Waals surface area contributed by atoms with Crippen LogP contribution >= 0.6 is 0 Å². The molecule has 1 heterocycles. The van der Waals surface area contributed by atoms with Crippen LogP contribution in [-0.2, 0) is 15.5 Å². The molecule has 6 heteroatoms. The fraction of sp³-hybridized carbons (Fsp3) is 0.727. The number of methoxy groups -OCH3 is 1. The highest BCUT2D eigenvalue weighted by atomic mass is 32.2. The summed E-state index contributed by atoms with van der Waals surface area (Å²) in [6.07, 6.45) is 6.34. The van der Waals surface area contributed by atoms with Crippen LogP contribution in [0.15, 0.2) is 12.4 Å². The molecule has 5 nitrogen and oxygen atoms in total. The zero-order chi connectivity index (χ0) is 12.7. The van der Waals surface area contributed by atoms with E-state index in [-0.39, 0.29) is 0 Å².